The summed E-state index contributed by atoms with van der Waals surface area (Å²) < 4.78 is 10.6. The molecule has 0 aliphatic heterocycles. The van der Waals surface area contributed by atoms with Crippen LogP contribution in [0.5, 0.6) is 5.75 Å². The van der Waals surface area contributed by atoms with Gasteiger partial charge in [0.25, 0.3) is 5.91 Å². The van der Waals surface area contributed by atoms with Crippen LogP contribution in [0.4, 0.5) is 0 Å². The zero-order valence-corrected chi connectivity index (χ0v) is 13.6. The Morgan fingerprint density at radius 2 is 2.09 bits per heavy atom. The van der Waals surface area contributed by atoms with Crippen molar-refractivity contribution in [2.24, 2.45) is 0 Å². The predicted molar refractivity (Wildman–Crippen MR) is 85.3 cm³/mol. The van der Waals surface area contributed by atoms with Crippen LogP contribution in [0.3, 0.4) is 0 Å². The molecule has 0 aliphatic carbocycles. The molecule has 0 aliphatic rings. The molecule has 0 spiro atoms. The molecule has 7 nitrogen and oxygen atoms in total. The highest BCUT2D eigenvalue weighted by molar-refractivity contribution is 5.94. The maximum atomic E-state index is 12.0. The molecular formula is C16H22N4O3. The van der Waals surface area contributed by atoms with Gasteiger partial charge in [0, 0.05) is 24.6 Å². The summed E-state index contributed by atoms with van der Waals surface area (Å²) in [5.74, 6) is 1.63. The summed E-state index contributed by atoms with van der Waals surface area (Å²) in [5, 5.41) is 9.74. The molecule has 0 saturated heterocycles. The minimum atomic E-state index is -0.107. The van der Waals surface area contributed by atoms with E-state index in [0.717, 1.165) is 0 Å². The second kappa shape index (κ2) is 8.28. The molecule has 0 bridgehead atoms. The Bertz CT molecular complexity index is 625. The number of nitrogens with zero attached hydrogens (tertiary/aromatic N) is 2. The van der Waals surface area contributed by atoms with Crippen LogP contribution in [-0.2, 0) is 13.0 Å². The van der Waals surface area contributed by atoms with Crippen LogP contribution < -0.4 is 15.4 Å². The molecule has 7 heteroatoms. The zero-order chi connectivity index (χ0) is 16.7. The van der Waals surface area contributed by atoms with Crippen LogP contribution in [-0.4, -0.2) is 35.7 Å². The molecule has 1 aromatic heterocycles. The summed E-state index contributed by atoms with van der Waals surface area (Å²) in [5.41, 5.74) is 0.591. The highest BCUT2D eigenvalue weighted by atomic mass is 16.5. The van der Waals surface area contributed by atoms with Gasteiger partial charge in [0.1, 0.15) is 5.75 Å². The van der Waals surface area contributed by atoms with E-state index in [1.807, 2.05) is 20.9 Å². The highest BCUT2D eigenvalue weighted by Gasteiger charge is 2.08. The fourth-order valence-corrected chi connectivity index (χ4v) is 1.79. The lowest BCUT2D eigenvalue weighted by molar-refractivity contribution is 0.0950. The van der Waals surface area contributed by atoms with E-state index in [4.69, 9.17) is 9.26 Å². The van der Waals surface area contributed by atoms with Crippen molar-refractivity contribution < 1.29 is 14.1 Å². The van der Waals surface area contributed by atoms with Gasteiger partial charge in [-0.1, -0.05) is 12.1 Å². The molecule has 0 radical (unpaired) electrons. The Morgan fingerprint density at radius 3 is 2.70 bits per heavy atom. The lowest BCUT2D eigenvalue weighted by Gasteiger charge is -2.11. The number of likely N-dealkylation sites (N-methyl/N-ethyl adjacent to an activating group) is 1. The number of hydrogen-bond donors (Lipinski definition) is 2. The molecular weight excluding hydrogens is 296 g/mol. The SMILES string of the molecule is CCc1nc(COc2ccc(C(=O)NCC(C)NC)cc2)no1. The Kier molecular flexibility index (Phi) is 6.10. The van der Waals surface area contributed by atoms with Crippen molar-refractivity contribution in [3.8, 4) is 5.75 Å². The van der Waals surface area contributed by atoms with Crippen molar-refractivity contribution in [2.45, 2.75) is 32.9 Å². The van der Waals surface area contributed by atoms with Crippen molar-refractivity contribution in [1.82, 2.24) is 20.8 Å². The quantitative estimate of drug-likeness (QED) is 0.767. The molecule has 0 saturated carbocycles. The van der Waals surface area contributed by atoms with Crippen LogP contribution in [0.2, 0.25) is 0 Å². The van der Waals surface area contributed by atoms with Gasteiger partial charge in [-0.05, 0) is 38.2 Å². The van der Waals surface area contributed by atoms with E-state index in [1.165, 1.54) is 0 Å². The predicted octanol–water partition coefficient (Wildman–Crippen LogP) is 1.55. The summed E-state index contributed by atoms with van der Waals surface area (Å²) >= 11 is 0. The lowest BCUT2D eigenvalue weighted by Crippen LogP contribution is -2.37. The molecule has 1 amide bonds. The monoisotopic (exact) mass is 318 g/mol. The number of carbonyl (C=O) groups is 1. The minimum absolute atomic E-state index is 0.107. The second-order valence-electron chi connectivity index (χ2n) is 5.17. The first-order chi connectivity index (χ1) is 11.1. The fraction of sp³-hybridized carbons (Fsp3) is 0.438. The van der Waals surface area contributed by atoms with Crippen molar-refractivity contribution in [1.29, 1.82) is 0 Å². The summed E-state index contributed by atoms with van der Waals surface area (Å²) in [6, 6.07) is 7.17. The van der Waals surface area contributed by atoms with Crippen LogP contribution in [0, 0.1) is 0 Å². The topological polar surface area (TPSA) is 89.3 Å². The normalized spacial score (nSPS) is 12.0. The van der Waals surface area contributed by atoms with E-state index in [9.17, 15) is 4.79 Å². The van der Waals surface area contributed by atoms with Crippen LogP contribution in [0.15, 0.2) is 28.8 Å². The molecule has 0 fully saturated rings. The van der Waals surface area contributed by atoms with Gasteiger partial charge >= 0.3 is 0 Å². The largest absolute Gasteiger partial charge is 0.485 e. The summed E-state index contributed by atoms with van der Waals surface area (Å²) in [6.07, 6.45) is 0.697. The van der Waals surface area contributed by atoms with Crippen molar-refractivity contribution >= 4 is 5.91 Å². The van der Waals surface area contributed by atoms with Gasteiger partial charge in [-0.15, -0.1) is 0 Å². The smallest absolute Gasteiger partial charge is 0.251 e. The molecule has 1 unspecified atom stereocenters. The van der Waals surface area contributed by atoms with Crippen LogP contribution in [0.1, 0.15) is 35.9 Å². The highest BCUT2D eigenvalue weighted by Crippen LogP contribution is 2.13. The van der Waals surface area contributed by atoms with Gasteiger partial charge in [0.05, 0.1) is 0 Å². The molecule has 124 valence electrons. The van der Waals surface area contributed by atoms with Crippen LogP contribution in [0.25, 0.3) is 0 Å². The first kappa shape index (κ1) is 17.0. The molecule has 1 aromatic carbocycles. The number of carbonyl (C=O) groups excluding carboxylic acids is 1. The van der Waals surface area contributed by atoms with Crippen molar-refractivity contribution in [3.05, 3.63) is 41.5 Å². The number of ether oxygens (including phenoxy) is 1. The first-order valence-corrected chi connectivity index (χ1v) is 7.62. The average molecular weight is 318 g/mol. The Morgan fingerprint density at radius 1 is 1.35 bits per heavy atom. The number of hydrogen-bond acceptors (Lipinski definition) is 6. The van der Waals surface area contributed by atoms with Crippen molar-refractivity contribution in [2.75, 3.05) is 13.6 Å². The van der Waals surface area contributed by atoms with E-state index in [-0.39, 0.29) is 18.6 Å². The third kappa shape index (κ3) is 5.07. The maximum Gasteiger partial charge on any atom is 0.251 e. The molecule has 1 heterocycles. The van der Waals surface area contributed by atoms with Crippen molar-refractivity contribution in [3.63, 3.8) is 0 Å². The molecule has 1 atom stereocenters. The fourth-order valence-electron chi connectivity index (χ4n) is 1.79. The summed E-state index contributed by atoms with van der Waals surface area (Å²) in [4.78, 5) is 16.1. The van der Waals surface area contributed by atoms with Crippen LogP contribution >= 0.6 is 0 Å². The minimum Gasteiger partial charge on any atom is -0.485 e. The Balaban J connectivity index is 1.85. The Hall–Kier alpha value is -2.41. The second-order valence-corrected chi connectivity index (χ2v) is 5.17. The summed E-state index contributed by atoms with van der Waals surface area (Å²) in [7, 11) is 1.86. The summed E-state index contributed by atoms with van der Waals surface area (Å²) in [6.45, 7) is 4.75. The van der Waals surface area contributed by atoms with E-state index in [2.05, 4.69) is 20.8 Å². The maximum absolute atomic E-state index is 12.0. The molecule has 2 N–H and O–H groups in total. The van der Waals surface area contributed by atoms with Gasteiger partial charge in [0.15, 0.2) is 6.61 Å². The number of amides is 1. The lowest BCUT2D eigenvalue weighted by atomic mass is 10.2. The van der Waals surface area contributed by atoms with E-state index >= 15 is 0 Å². The van der Waals surface area contributed by atoms with Gasteiger partial charge in [-0.3, -0.25) is 4.79 Å². The number of nitrogens with one attached hydrogen (secondary N) is 2. The number of rotatable bonds is 8. The standard InChI is InChI=1S/C16H22N4O3/c1-4-15-19-14(20-23-15)10-22-13-7-5-12(6-8-13)16(21)18-9-11(2)17-3/h5-8,11,17H,4,9-10H2,1-3H3,(H,18,21). The van der Waals surface area contributed by atoms with Gasteiger partial charge < -0.3 is 19.9 Å². The van der Waals surface area contributed by atoms with E-state index in [0.29, 0.717) is 36.0 Å². The van der Waals surface area contributed by atoms with Gasteiger partial charge in [-0.2, -0.15) is 4.98 Å². The molecule has 23 heavy (non-hydrogen) atoms. The number of benzene rings is 1. The van der Waals surface area contributed by atoms with E-state index < -0.39 is 0 Å². The first-order valence-electron chi connectivity index (χ1n) is 7.62. The number of aryl methyl sites for hydroxylation is 1. The Labute approximate surface area is 135 Å². The van der Waals surface area contributed by atoms with Gasteiger partial charge in [-0.25, -0.2) is 0 Å². The molecule has 2 rings (SSSR count). The number of aromatic nitrogens is 2. The average Bonchev–Trinajstić information content (AvgIpc) is 3.06. The third-order valence-electron chi connectivity index (χ3n) is 3.36. The van der Waals surface area contributed by atoms with E-state index in [1.54, 1.807) is 24.3 Å². The third-order valence-corrected chi connectivity index (χ3v) is 3.36. The zero-order valence-electron chi connectivity index (χ0n) is 13.6. The molecule has 2 aromatic rings. The van der Waals surface area contributed by atoms with Gasteiger partial charge in [0.2, 0.25) is 11.7 Å².